The maximum atomic E-state index is 13.1. The number of nitrogens with zero attached hydrogens (tertiary/aromatic N) is 2. The molecule has 2 amide bonds. The molecule has 1 aliphatic rings. The predicted octanol–water partition coefficient (Wildman–Crippen LogP) is 2.53. The third-order valence-electron chi connectivity index (χ3n) is 4.33. The first-order valence-corrected chi connectivity index (χ1v) is 8.52. The van der Waals surface area contributed by atoms with Gasteiger partial charge < -0.3 is 9.52 Å². The van der Waals surface area contributed by atoms with Crippen molar-refractivity contribution < 1.29 is 28.4 Å². The molecule has 1 aliphatic heterocycles. The minimum Gasteiger partial charge on any atom is -0.872 e. The molecule has 3 aromatic rings. The molecule has 0 aliphatic carbocycles. The molecular weight excluding hydrogens is 397 g/mol. The Morgan fingerprint density at radius 3 is 2.50 bits per heavy atom. The number of hydrogen-bond acceptors (Lipinski definition) is 6. The van der Waals surface area contributed by atoms with Gasteiger partial charge in [-0.25, -0.2) is 9.40 Å². The zero-order chi connectivity index (χ0) is 21.4. The fraction of sp³-hybridized carbons (Fsp3) is 0. The Hall–Kier alpha value is -4.47. The zero-order valence-corrected chi connectivity index (χ0v) is 15.0. The monoisotopic (exact) mass is 408 g/mol. The van der Waals surface area contributed by atoms with Crippen LogP contribution in [0.25, 0.3) is 17.4 Å². The molecule has 2 aromatic carbocycles. The number of nitrogens with one attached hydrogen (secondary N) is 1. The van der Waals surface area contributed by atoms with Crippen molar-refractivity contribution in [1.82, 2.24) is 5.43 Å². The molecule has 10 heteroatoms. The van der Waals surface area contributed by atoms with Crippen molar-refractivity contribution in [3.63, 3.8) is 0 Å². The van der Waals surface area contributed by atoms with Crippen LogP contribution >= 0.6 is 0 Å². The highest BCUT2D eigenvalue weighted by atomic mass is 19.1. The highest BCUT2D eigenvalue weighted by molar-refractivity contribution is 6.31. The van der Waals surface area contributed by atoms with E-state index >= 15 is 0 Å². The van der Waals surface area contributed by atoms with Gasteiger partial charge in [0.2, 0.25) is 0 Å². The molecule has 1 saturated heterocycles. The summed E-state index contributed by atoms with van der Waals surface area (Å²) in [4.78, 5) is 35.1. The van der Waals surface area contributed by atoms with Gasteiger partial charge in [0.15, 0.2) is 0 Å². The summed E-state index contributed by atoms with van der Waals surface area (Å²) < 4.78 is 18.6. The molecule has 4 rings (SSSR count). The van der Waals surface area contributed by atoms with Crippen LogP contribution in [-0.4, -0.2) is 16.7 Å². The lowest BCUT2D eigenvalue weighted by Crippen LogP contribution is -2.35. The highest BCUT2D eigenvalue weighted by Crippen LogP contribution is 2.33. The molecule has 0 bridgehead atoms. The molecule has 30 heavy (non-hydrogen) atoms. The largest absolute Gasteiger partial charge is 0.872 e. The number of anilines is 1. The molecule has 2 heterocycles. The molecule has 150 valence electrons. The lowest BCUT2D eigenvalue weighted by molar-refractivity contribution is -0.385. The van der Waals surface area contributed by atoms with E-state index in [2.05, 4.69) is 5.43 Å². The van der Waals surface area contributed by atoms with Crippen LogP contribution in [0.15, 0.2) is 64.6 Å². The van der Waals surface area contributed by atoms with Crippen LogP contribution in [0.1, 0.15) is 5.76 Å². The van der Waals surface area contributed by atoms with Crippen molar-refractivity contribution in [2.75, 3.05) is 5.01 Å². The Bertz CT molecular complexity index is 1220. The molecule has 0 unspecified atom stereocenters. The molecule has 1 N–H and O–H groups in total. The molecule has 0 radical (unpaired) electrons. The molecular formula is C20H11FN3O6-. The van der Waals surface area contributed by atoms with Crippen molar-refractivity contribution >= 4 is 29.3 Å². The second-order valence-corrected chi connectivity index (χ2v) is 6.26. The number of carbonyl (C=O) groups is 2. The van der Waals surface area contributed by atoms with Gasteiger partial charge in [-0.3, -0.25) is 25.1 Å². The summed E-state index contributed by atoms with van der Waals surface area (Å²) in [6.45, 7) is 0. The SMILES string of the molecule is O=C1NN(c2ccc(F)cc2)C(=O)/C1=C\c1ccc(-c2cc([N+](=O)[O-])ccc2[O-])o1. The first kappa shape index (κ1) is 18.9. The van der Waals surface area contributed by atoms with E-state index in [1.807, 2.05) is 0 Å². The lowest BCUT2D eigenvalue weighted by Gasteiger charge is -2.14. The normalized spacial score (nSPS) is 15.0. The molecule has 0 spiro atoms. The smallest absolute Gasteiger partial charge is 0.282 e. The van der Waals surface area contributed by atoms with Gasteiger partial charge in [-0.2, -0.15) is 0 Å². The minimum absolute atomic E-state index is 0.0241. The summed E-state index contributed by atoms with van der Waals surface area (Å²) in [5.74, 6) is -2.19. The minimum atomic E-state index is -0.692. The van der Waals surface area contributed by atoms with Gasteiger partial charge in [0, 0.05) is 17.7 Å². The Labute approximate surface area is 167 Å². The quantitative estimate of drug-likeness (QED) is 0.306. The summed E-state index contributed by atoms with van der Waals surface area (Å²) in [6.07, 6.45) is 1.19. The van der Waals surface area contributed by atoms with E-state index in [0.29, 0.717) is 0 Å². The third-order valence-corrected chi connectivity index (χ3v) is 4.33. The molecule has 0 atom stereocenters. The zero-order valence-electron chi connectivity index (χ0n) is 15.0. The average Bonchev–Trinajstić information content (AvgIpc) is 3.29. The van der Waals surface area contributed by atoms with Crippen LogP contribution in [-0.2, 0) is 9.59 Å². The molecule has 9 nitrogen and oxygen atoms in total. The van der Waals surface area contributed by atoms with Crippen molar-refractivity contribution in [2.45, 2.75) is 0 Å². The average molecular weight is 408 g/mol. The third kappa shape index (κ3) is 3.37. The summed E-state index contributed by atoms with van der Waals surface area (Å²) in [5, 5.41) is 23.9. The first-order chi connectivity index (χ1) is 14.3. The number of amides is 2. The van der Waals surface area contributed by atoms with Gasteiger partial charge in [-0.1, -0.05) is 11.8 Å². The van der Waals surface area contributed by atoms with Gasteiger partial charge in [0.1, 0.15) is 22.9 Å². The van der Waals surface area contributed by atoms with Crippen LogP contribution in [0, 0.1) is 15.9 Å². The van der Waals surface area contributed by atoms with E-state index in [4.69, 9.17) is 4.42 Å². The maximum Gasteiger partial charge on any atom is 0.282 e. The van der Waals surface area contributed by atoms with E-state index in [1.54, 1.807) is 0 Å². The van der Waals surface area contributed by atoms with E-state index < -0.39 is 28.3 Å². The number of halogens is 1. The number of nitro groups is 1. The van der Waals surface area contributed by atoms with E-state index in [1.165, 1.54) is 30.3 Å². The second-order valence-electron chi connectivity index (χ2n) is 6.26. The van der Waals surface area contributed by atoms with Gasteiger partial charge in [0.05, 0.1) is 10.6 Å². The lowest BCUT2D eigenvalue weighted by atomic mass is 10.1. The number of benzene rings is 2. The Morgan fingerprint density at radius 2 is 1.80 bits per heavy atom. The number of nitro benzene ring substituents is 1. The van der Waals surface area contributed by atoms with Crippen LogP contribution in [0.3, 0.4) is 0 Å². The van der Waals surface area contributed by atoms with Crippen LogP contribution in [0.4, 0.5) is 15.8 Å². The van der Waals surface area contributed by atoms with Gasteiger partial charge in [-0.15, -0.1) is 0 Å². The van der Waals surface area contributed by atoms with Crippen LogP contribution in [0.2, 0.25) is 0 Å². The van der Waals surface area contributed by atoms with E-state index in [0.717, 1.165) is 35.3 Å². The van der Waals surface area contributed by atoms with Crippen molar-refractivity contribution in [2.24, 2.45) is 0 Å². The predicted molar refractivity (Wildman–Crippen MR) is 100 cm³/mol. The van der Waals surface area contributed by atoms with E-state index in [9.17, 15) is 29.2 Å². The van der Waals surface area contributed by atoms with Crippen molar-refractivity contribution in [1.29, 1.82) is 0 Å². The number of hydrogen-bond donors (Lipinski definition) is 1. The van der Waals surface area contributed by atoms with E-state index in [-0.39, 0.29) is 34.0 Å². The van der Waals surface area contributed by atoms with Crippen LogP contribution in [0.5, 0.6) is 5.75 Å². The summed E-state index contributed by atoms with van der Waals surface area (Å²) >= 11 is 0. The molecule has 1 fully saturated rings. The standard InChI is InChI=1S/C20H12FN3O6/c21-11-1-3-12(4-2-11)23-20(27)16(19(26)22-23)10-14-6-8-18(30-14)15-9-13(24(28)29)5-7-17(15)25/h1-10,25H,(H,22,26)/p-1/b16-10-. The van der Waals surface area contributed by atoms with Gasteiger partial charge in [-0.05, 0) is 42.5 Å². The first-order valence-electron chi connectivity index (χ1n) is 8.52. The topological polar surface area (TPSA) is 129 Å². The number of furan rings is 1. The molecule has 0 saturated carbocycles. The number of hydrazine groups is 1. The highest BCUT2D eigenvalue weighted by Gasteiger charge is 2.34. The van der Waals surface area contributed by atoms with Gasteiger partial charge in [0.25, 0.3) is 17.5 Å². The van der Waals surface area contributed by atoms with Crippen molar-refractivity contribution in [3.05, 3.63) is 81.9 Å². The van der Waals surface area contributed by atoms with Crippen LogP contribution < -0.4 is 15.5 Å². The number of rotatable bonds is 4. The van der Waals surface area contributed by atoms with Crippen molar-refractivity contribution in [3.8, 4) is 17.1 Å². The summed E-state index contributed by atoms with van der Waals surface area (Å²) in [5.41, 5.74) is 2.10. The number of carbonyl (C=O) groups excluding carboxylic acids is 2. The van der Waals surface area contributed by atoms with Gasteiger partial charge >= 0.3 is 0 Å². The number of non-ortho nitro benzene ring substituents is 1. The molecule has 1 aromatic heterocycles. The Morgan fingerprint density at radius 1 is 1.07 bits per heavy atom. The fourth-order valence-electron chi connectivity index (χ4n) is 2.87. The maximum absolute atomic E-state index is 13.1. The summed E-state index contributed by atoms with van der Waals surface area (Å²) in [7, 11) is 0. The Kier molecular flexibility index (Phi) is 4.51. The Balaban J connectivity index is 1.64. The second kappa shape index (κ2) is 7.17. The fourth-order valence-corrected chi connectivity index (χ4v) is 2.87. The summed E-state index contributed by atoms with van der Waals surface area (Å²) in [6, 6.07) is 11.0.